The van der Waals surface area contributed by atoms with E-state index >= 15 is 0 Å². The molecule has 0 aliphatic heterocycles. The van der Waals surface area contributed by atoms with E-state index in [0.717, 1.165) is 11.3 Å². The lowest BCUT2D eigenvalue weighted by atomic mass is 10.0. The Bertz CT molecular complexity index is 538. The van der Waals surface area contributed by atoms with Gasteiger partial charge in [-0.15, -0.1) is 0 Å². The summed E-state index contributed by atoms with van der Waals surface area (Å²) in [6.45, 7) is 0. The molecule has 0 aliphatic rings. The average molecular weight is 299 g/mol. The van der Waals surface area contributed by atoms with Crippen LogP contribution >= 0.6 is 23.2 Å². The molecule has 1 heterocycles. The first-order valence-electron chi connectivity index (χ1n) is 5.83. The molecule has 2 nitrogen and oxygen atoms in total. The lowest BCUT2D eigenvalue weighted by Crippen LogP contribution is -2.20. The molecule has 1 atom stereocenters. The molecule has 0 bridgehead atoms. The van der Waals surface area contributed by atoms with E-state index in [2.05, 4.69) is 10.3 Å². The molecule has 1 unspecified atom stereocenters. The molecule has 1 aromatic heterocycles. The van der Waals surface area contributed by atoms with Crippen LogP contribution in [0, 0.1) is 5.82 Å². The summed E-state index contributed by atoms with van der Waals surface area (Å²) in [5.74, 6) is -0.352. The van der Waals surface area contributed by atoms with Crippen LogP contribution in [0.2, 0.25) is 10.0 Å². The van der Waals surface area contributed by atoms with Crippen LogP contribution in [0.25, 0.3) is 0 Å². The van der Waals surface area contributed by atoms with Crippen molar-refractivity contribution in [1.82, 2.24) is 10.3 Å². The molecule has 0 spiro atoms. The minimum absolute atomic E-state index is 0.0713. The predicted molar refractivity (Wildman–Crippen MR) is 76.2 cm³/mol. The number of pyridine rings is 1. The van der Waals surface area contributed by atoms with Crippen LogP contribution in [0.3, 0.4) is 0 Å². The highest BCUT2D eigenvalue weighted by atomic mass is 35.5. The number of halogens is 3. The van der Waals surface area contributed by atoms with E-state index in [9.17, 15) is 4.39 Å². The molecule has 19 heavy (non-hydrogen) atoms. The Morgan fingerprint density at radius 2 is 1.89 bits per heavy atom. The molecule has 0 amide bonds. The molecule has 2 rings (SSSR count). The summed E-state index contributed by atoms with van der Waals surface area (Å²) in [5.41, 5.74) is 1.61. The molecule has 1 aromatic carbocycles. The van der Waals surface area contributed by atoms with Crippen LogP contribution in [-0.2, 0) is 6.42 Å². The number of benzene rings is 1. The molecule has 5 heteroatoms. The Morgan fingerprint density at radius 3 is 2.42 bits per heavy atom. The first-order valence-corrected chi connectivity index (χ1v) is 6.59. The zero-order chi connectivity index (χ0) is 13.8. The maximum Gasteiger partial charge on any atom is 0.141 e. The van der Waals surface area contributed by atoms with Crippen molar-refractivity contribution in [2.24, 2.45) is 0 Å². The van der Waals surface area contributed by atoms with E-state index < -0.39 is 0 Å². The standard InChI is InChI=1S/C14H13Cl2FN2/c1-18-14(13-6-5-9(17)8-19-13)7-10-11(15)3-2-4-12(10)16/h2-6,8,14,18H,7H2,1H3. The smallest absolute Gasteiger partial charge is 0.141 e. The van der Waals surface area contributed by atoms with E-state index in [-0.39, 0.29) is 11.9 Å². The molecule has 1 N–H and O–H groups in total. The second-order valence-electron chi connectivity index (χ2n) is 4.15. The fraction of sp³-hybridized carbons (Fsp3) is 0.214. The summed E-state index contributed by atoms with van der Waals surface area (Å²) in [7, 11) is 1.82. The van der Waals surface area contributed by atoms with Crippen molar-refractivity contribution in [3.63, 3.8) is 0 Å². The quantitative estimate of drug-likeness (QED) is 0.922. The van der Waals surface area contributed by atoms with E-state index in [4.69, 9.17) is 23.2 Å². The zero-order valence-electron chi connectivity index (χ0n) is 10.3. The summed E-state index contributed by atoms with van der Waals surface area (Å²) in [4.78, 5) is 4.08. The third kappa shape index (κ3) is 3.44. The van der Waals surface area contributed by atoms with Gasteiger partial charge < -0.3 is 5.32 Å². The third-order valence-corrected chi connectivity index (χ3v) is 3.63. The Kier molecular flexibility index (Phi) is 4.75. The first kappa shape index (κ1) is 14.3. The van der Waals surface area contributed by atoms with Gasteiger partial charge in [0.05, 0.1) is 17.9 Å². The predicted octanol–water partition coefficient (Wildman–Crippen LogP) is 4.03. The van der Waals surface area contributed by atoms with Crippen molar-refractivity contribution >= 4 is 23.2 Å². The van der Waals surface area contributed by atoms with Crippen molar-refractivity contribution in [2.75, 3.05) is 7.05 Å². The number of hydrogen-bond donors (Lipinski definition) is 1. The van der Waals surface area contributed by atoms with Crippen LogP contribution in [-0.4, -0.2) is 12.0 Å². The molecular formula is C14H13Cl2FN2. The number of likely N-dealkylation sites (N-methyl/N-ethyl adjacent to an activating group) is 1. The second-order valence-corrected chi connectivity index (χ2v) is 4.96. The van der Waals surface area contributed by atoms with Crippen molar-refractivity contribution in [2.45, 2.75) is 12.5 Å². The second kappa shape index (κ2) is 6.33. The number of hydrogen-bond acceptors (Lipinski definition) is 2. The van der Waals surface area contributed by atoms with Crippen molar-refractivity contribution in [1.29, 1.82) is 0 Å². The maximum atomic E-state index is 12.9. The third-order valence-electron chi connectivity index (χ3n) is 2.93. The summed E-state index contributed by atoms with van der Waals surface area (Å²) >= 11 is 12.3. The number of nitrogens with zero attached hydrogens (tertiary/aromatic N) is 1. The van der Waals surface area contributed by atoms with Gasteiger partial charge in [0, 0.05) is 10.0 Å². The van der Waals surface area contributed by atoms with E-state index in [1.54, 1.807) is 24.3 Å². The Balaban J connectivity index is 2.26. The highest BCUT2D eigenvalue weighted by molar-refractivity contribution is 6.36. The van der Waals surface area contributed by atoms with Gasteiger partial charge in [-0.1, -0.05) is 29.3 Å². The highest BCUT2D eigenvalue weighted by Gasteiger charge is 2.15. The van der Waals surface area contributed by atoms with Gasteiger partial charge >= 0.3 is 0 Å². The van der Waals surface area contributed by atoms with Gasteiger partial charge in [-0.25, -0.2) is 4.39 Å². The van der Waals surface area contributed by atoms with Crippen molar-refractivity contribution < 1.29 is 4.39 Å². The highest BCUT2D eigenvalue weighted by Crippen LogP contribution is 2.28. The maximum absolute atomic E-state index is 12.9. The molecular weight excluding hydrogens is 286 g/mol. The van der Waals surface area contributed by atoms with Gasteiger partial charge in [-0.2, -0.15) is 0 Å². The van der Waals surface area contributed by atoms with Gasteiger partial charge in [0.25, 0.3) is 0 Å². The molecule has 0 radical (unpaired) electrons. The number of rotatable bonds is 4. The Morgan fingerprint density at radius 1 is 1.21 bits per heavy atom. The minimum Gasteiger partial charge on any atom is -0.311 e. The number of nitrogens with one attached hydrogen (secondary N) is 1. The van der Waals surface area contributed by atoms with Crippen LogP contribution in [0.15, 0.2) is 36.5 Å². The molecule has 0 saturated heterocycles. The SMILES string of the molecule is CNC(Cc1c(Cl)cccc1Cl)c1ccc(F)cn1. The zero-order valence-corrected chi connectivity index (χ0v) is 11.8. The molecule has 0 aliphatic carbocycles. The van der Waals surface area contributed by atoms with Gasteiger partial charge in [0.2, 0.25) is 0 Å². The number of aromatic nitrogens is 1. The summed E-state index contributed by atoms with van der Waals surface area (Å²) in [6.07, 6.45) is 1.79. The first-order chi connectivity index (χ1) is 9.11. The largest absolute Gasteiger partial charge is 0.311 e. The van der Waals surface area contributed by atoms with Gasteiger partial charge in [-0.05, 0) is 43.3 Å². The Labute approximate surface area is 121 Å². The monoisotopic (exact) mass is 298 g/mol. The van der Waals surface area contributed by atoms with Gasteiger partial charge in [0.1, 0.15) is 5.82 Å². The molecule has 0 saturated carbocycles. The fourth-order valence-electron chi connectivity index (χ4n) is 1.88. The molecule has 0 fully saturated rings. The van der Waals surface area contributed by atoms with Gasteiger partial charge in [0.15, 0.2) is 0 Å². The van der Waals surface area contributed by atoms with Gasteiger partial charge in [-0.3, -0.25) is 4.98 Å². The average Bonchev–Trinajstić information content (AvgIpc) is 2.40. The van der Waals surface area contributed by atoms with Crippen LogP contribution in [0.4, 0.5) is 4.39 Å². The van der Waals surface area contributed by atoms with Crippen molar-refractivity contribution in [3.8, 4) is 0 Å². The Hall–Kier alpha value is -1.16. The molecule has 2 aromatic rings. The fourth-order valence-corrected chi connectivity index (χ4v) is 2.43. The van der Waals surface area contributed by atoms with E-state index in [0.29, 0.717) is 16.5 Å². The minimum atomic E-state index is -0.352. The van der Waals surface area contributed by atoms with E-state index in [1.807, 2.05) is 7.05 Å². The van der Waals surface area contributed by atoms with Crippen LogP contribution in [0.5, 0.6) is 0 Å². The molecule has 100 valence electrons. The lowest BCUT2D eigenvalue weighted by Gasteiger charge is -2.17. The summed E-state index contributed by atoms with van der Waals surface area (Å²) in [6, 6.07) is 8.38. The normalized spacial score (nSPS) is 12.4. The topological polar surface area (TPSA) is 24.9 Å². The van der Waals surface area contributed by atoms with Crippen LogP contribution < -0.4 is 5.32 Å². The van der Waals surface area contributed by atoms with E-state index in [1.165, 1.54) is 12.3 Å². The summed E-state index contributed by atoms with van der Waals surface area (Å²) in [5, 5.41) is 4.38. The van der Waals surface area contributed by atoms with Crippen LogP contribution in [0.1, 0.15) is 17.3 Å². The lowest BCUT2D eigenvalue weighted by molar-refractivity contribution is 0.566. The summed E-state index contributed by atoms with van der Waals surface area (Å²) < 4.78 is 12.9. The van der Waals surface area contributed by atoms with Crippen molar-refractivity contribution in [3.05, 3.63) is 63.6 Å².